The summed E-state index contributed by atoms with van der Waals surface area (Å²) >= 11 is 6.63. The third-order valence-electron chi connectivity index (χ3n) is 2.70. The summed E-state index contributed by atoms with van der Waals surface area (Å²) in [7, 11) is 0. The highest BCUT2D eigenvalue weighted by Crippen LogP contribution is 2.25. The van der Waals surface area contributed by atoms with Gasteiger partial charge in [0.15, 0.2) is 5.13 Å². The topological polar surface area (TPSA) is 63.8 Å². The van der Waals surface area contributed by atoms with Gasteiger partial charge in [0.05, 0.1) is 5.69 Å². The number of aromatic nitrogens is 2. The number of nitrogens with zero attached hydrogens (tertiary/aromatic N) is 2. The number of thiazole rings is 1. The van der Waals surface area contributed by atoms with Crippen molar-refractivity contribution in [1.29, 1.82) is 0 Å². The molecule has 4 nitrogen and oxygen atoms in total. The van der Waals surface area contributed by atoms with Crippen LogP contribution < -0.4 is 11.1 Å². The predicted octanol–water partition coefficient (Wildman–Crippen LogP) is 3.10. The minimum atomic E-state index is 0.373. The molecule has 2 aromatic heterocycles. The van der Waals surface area contributed by atoms with Crippen LogP contribution >= 0.6 is 23.6 Å². The second kappa shape index (κ2) is 5.63. The van der Waals surface area contributed by atoms with E-state index in [0.29, 0.717) is 4.99 Å². The number of hydrogen-bond acceptors (Lipinski definition) is 5. The third-order valence-corrected chi connectivity index (χ3v) is 3.86. The van der Waals surface area contributed by atoms with Crippen LogP contribution in [-0.2, 0) is 6.42 Å². The molecular formula is C13H16N4S2. The normalized spacial score (nSPS) is 10.5. The van der Waals surface area contributed by atoms with Gasteiger partial charge in [-0.25, -0.2) is 9.97 Å². The molecule has 2 heterocycles. The molecule has 0 amide bonds. The van der Waals surface area contributed by atoms with E-state index in [4.69, 9.17) is 18.0 Å². The van der Waals surface area contributed by atoms with E-state index in [1.807, 2.05) is 19.1 Å². The molecule has 0 atom stereocenters. The van der Waals surface area contributed by atoms with Gasteiger partial charge in [0.2, 0.25) is 0 Å². The second-order valence-corrected chi connectivity index (χ2v) is 5.89. The molecule has 0 aromatic carbocycles. The maximum absolute atomic E-state index is 5.66. The van der Waals surface area contributed by atoms with Crippen molar-refractivity contribution in [3.63, 3.8) is 0 Å². The van der Waals surface area contributed by atoms with Gasteiger partial charge in [-0.05, 0) is 32.4 Å². The Kier molecular flexibility index (Phi) is 4.11. The number of hydrogen-bond donors (Lipinski definition) is 2. The zero-order chi connectivity index (χ0) is 14.0. The van der Waals surface area contributed by atoms with Crippen molar-refractivity contribution in [2.24, 2.45) is 5.73 Å². The van der Waals surface area contributed by atoms with E-state index in [-0.39, 0.29) is 0 Å². The Hall–Kier alpha value is -1.53. The number of nitrogens with two attached hydrogens (primary N) is 1. The molecule has 0 saturated carbocycles. The van der Waals surface area contributed by atoms with Crippen LogP contribution in [0.2, 0.25) is 0 Å². The zero-order valence-electron chi connectivity index (χ0n) is 11.2. The standard InChI is InChI=1S/C13H16N4S2/c1-4-10-8(3)19-13(16-10)17-11-6-9(12(14)18)5-7(2)15-11/h5-6H,4H2,1-3H3,(H2,14,18)(H,15,16,17). The van der Waals surface area contributed by atoms with Crippen molar-refractivity contribution in [3.8, 4) is 0 Å². The summed E-state index contributed by atoms with van der Waals surface area (Å²) in [5.41, 5.74) is 8.46. The Balaban J connectivity index is 2.29. The van der Waals surface area contributed by atoms with Crippen LogP contribution in [0.5, 0.6) is 0 Å². The van der Waals surface area contributed by atoms with Crippen LogP contribution in [0.1, 0.15) is 28.8 Å². The van der Waals surface area contributed by atoms with Crippen LogP contribution in [0.4, 0.5) is 10.9 Å². The van der Waals surface area contributed by atoms with E-state index < -0.39 is 0 Å². The van der Waals surface area contributed by atoms with Gasteiger partial charge in [-0.3, -0.25) is 0 Å². The molecule has 0 aliphatic heterocycles. The van der Waals surface area contributed by atoms with E-state index in [1.165, 1.54) is 4.88 Å². The molecule has 0 aliphatic carbocycles. The van der Waals surface area contributed by atoms with Gasteiger partial charge in [0.1, 0.15) is 10.8 Å². The molecule has 0 spiro atoms. The highest BCUT2D eigenvalue weighted by molar-refractivity contribution is 7.80. The molecule has 0 unspecified atom stereocenters. The number of pyridine rings is 1. The lowest BCUT2D eigenvalue weighted by atomic mass is 10.2. The van der Waals surface area contributed by atoms with Gasteiger partial charge >= 0.3 is 0 Å². The Bertz CT molecular complexity index is 619. The molecule has 0 fully saturated rings. The first-order valence-electron chi connectivity index (χ1n) is 6.01. The molecular weight excluding hydrogens is 276 g/mol. The van der Waals surface area contributed by atoms with E-state index in [1.54, 1.807) is 11.3 Å². The molecule has 0 saturated heterocycles. The fraction of sp³-hybridized carbons (Fsp3) is 0.308. The lowest BCUT2D eigenvalue weighted by molar-refractivity contribution is 1.04. The van der Waals surface area contributed by atoms with Crippen molar-refractivity contribution in [1.82, 2.24) is 9.97 Å². The minimum absolute atomic E-state index is 0.373. The van der Waals surface area contributed by atoms with Gasteiger partial charge < -0.3 is 11.1 Å². The van der Waals surface area contributed by atoms with Gasteiger partial charge in [0, 0.05) is 16.1 Å². The van der Waals surface area contributed by atoms with Crippen LogP contribution in [-0.4, -0.2) is 15.0 Å². The Morgan fingerprint density at radius 2 is 2.11 bits per heavy atom. The molecule has 0 aliphatic rings. The lowest BCUT2D eigenvalue weighted by Gasteiger charge is -2.06. The van der Waals surface area contributed by atoms with Crippen molar-refractivity contribution in [3.05, 3.63) is 34.0 Å². The van der Waals surface area contributed by atoms with E-state index in [9.17, 15) is 0 Å². The van der Waals surface area contributed by atoms with Gasteiger partial charge in [-0.2, -0.15) is 0 Å². The molecule has 2 rings (SSSR count). The monoisotopic (exact) mass is 292 g/mol. The summed E-state index contributed by atoms with van der Waals surface area (Å²) < 4.78 is 0. The summed E-state index contributed by atoms with van der Waals surface area (Å²) in [6.45, 7) is 6.09. The fourth-order valence-corrected chi connectivity index (χ4v) is 2.82. The highest BCUT2D eigenvalue weighted by Gasteiger charge is 2.08. The van der Waals surface area contributed by atoms with E-state index >= 15 is 0 Å². The Morgan fingerprint density at radius 1 is 1.37 bits per heavy atom. The minimum Gasteiger partial charge on any atom is -0.389 e. The average molecular weight is 292 g/mol. The summed E-state index contributed by atoms with van der Waals surface area (Å²) in [5.74, 6) is 0.721. The van der Waals surface area contributed by atoms with E-state index in [2.05, 4.69) is 29.1 Å². The van der Waals surface area contributed by atoms with Crippen LogP contribution in [0.25, 0.3) is 0 Å². The number of anilines is 2. The maximum atomic E-state index is 5.66. The summed E-state index contributed by atoms with van der Waals surface area (Å²) in [6.07, 6.45) is 0.934. The van der Waals surface area contributed by atoms with Crippen LogP contribution in [0, 0.1) is 13.8 Å². The van der Waals surface area contributed by atoms with E-state index in [0.717, 1.165) is 34.3 Å². The smallest absolute Gasteiger partial charge is 0.188 e. The maximum Gasteiger partial charge on any atom is 0.188 e. The predicted molar refractivity (Wildman–Crippen MR) is 84.4 cm³/mol. The molecule has 19 heavy (non-hydrogen) atoms. The summed E-state index contributed by atoms with van der Waals surface area (Å²) in [4.78, 5) is 10.5. The van der Waals surface area contributed by atoms with Crippen LogP contribution in [0.15, 0.2) is 12.1 Å². The fourth-order valence-electron chi connectivity index (χ4n) is 1.79. The third kappa shape index (κ3) is 3.27. The molecule has 2 aromatic rings. The first-order chi connectivity index (χ1) is 8.99. The SMILES string of the molecule is CCc1nc(Nc2cc(C(N)=S)cc(C)n2)sc1C. The number of aryl methyl sites for hydroxylation is 3. The summed E-state index contributed by atoms with van der Waals surface area (Å²) in [5, 5.41) is 4.07. The number of nitrogens with one attached hydrogen (secondary N) is 1. The van der Waals surface area contributed by atoms with Crippen molar-refractivity contribution >= 4 is 39.5 Å². The zero-order valence-corrected chi connectivity index (χ0v) is 12.8. The first-order valence-corrected chi connectivity index (χ1v) is 7.24. The highest BCUT2D eigenvalue weighted by atomic mass is 32.1. The lowest BCUT2D eigenvalue weighted by Crippen LogP contribution is -2.10. The van der Waals surface area contributed by atoms with Gasteiger partial charge in [0.25, 0.3) is 0 Å². The van der Waals surface area contributed by atoms with Crippen molar-refractivity contribution in [2.45, 2.75) is 27.2 Å². The number of rotatable bonds is 4. The van der Waals surface area contributed by atoms with Crippen LogP contribution in [0.3, 0.4) is 0 Å². The Morgan fingerprint density at radius 3 is 2.68 bits per heavy atom. The largest absolute Gasteiger partial charge is 0.389 e. The molecule has 100 valence electrons. The first kappa shape index (κ1) is 13.9. The average Bonchev–Trinajstić information content (AvgIpc) is 2.68. The Labute approximate surface area is 122 Å². The van der Waals surface area contributed by atoms with Crippen molar-refractivity contribution < 1.29 is 0 Å². The molecule has 0 radical (unpaired) electrons. The molecule has 0 bridgehead atoms. The second-order valence-electron chi connectivity index (χ2n) is 4.25. The molecule has 3 N–H and O–H groups in total. The quantitative estimate of drug-likeness (QED) is 0.848. The molecule has 6 heteroatoms. The number of thiocarbonyl (C=S) groups is 1. The summed E-state index contributed by atoms with van der Waals surface area (Å²) in [6, 6.07) is 3.72. The van der Waals surface area contributed by atoms with Gasteiger partial charge in [-0.1, -0.05) is 19.1 Å². The van der Waals surface area contributed by atoms with Crippen molar-refractivity contribution in [2.75, 3.05) is 5.32 Å². The van der Waals surface area contributed by atoms with Gasteiger partial charge in [-0.15, -0.1) is 11.3 Å².